The van der Waals surface area contributed by atoms with Crippen LogP contribution in [-0.2, 0) is 0 Å². The molecule has 0 spiro atoms. The Morgan fingerprint density at radius 1 is 1.30 bits per heavy atom. The molecule has 2 aromatic heterocycles. The Labute approximate surface area is 115 Å². The molecule has 2 aromatic rings. The monoisotopic (exact) mass is 272 g/mol. The van der Waals surface area contributed by atoms with E-state index < -0.39 is 0 Å². The summed E-state index contributed by atoms with van der Waals surface area (Å²) in [5.41, 5.74) is 1.02. The van der Waals surface area contributed by atoms with Gasteiger partial charge in [0.25, 0.3) is 5.91 Å². The van der Waals surface area contributed by atoms with Gasteiger partial charge in [0, 0.05) is 18.8 Å². The molecule has 3 heterocycles. The molecule has 3 rings (SSSR count). The summed E-state index contributed by atoms with van der Waals surface area (Å²) in [7, 11) is 0. The Bertz CT molecular complexity index is 647. The molecule has 1 amide bonds. The lowest BCUT2D eigenvalue weighted by Gasteiger charge is -2.34. The summed E-state index contributed by atoms with van der Waals surface area (Å²) in [6, 6.07) is 6.54. The number of H-pyrrole nitrogens is 2. The molecule has 20 heavy (non-hydrogen) atoms. The molecule has 1 aliphatic rings. The first-order valence-corrected chi connectivity index (χ1v) is 6.75. The average molecular weight is 272 g/mol. The molecule has 6 nitrogen and oxygen atoms in total. The maximum absolute atomic E-state index is 12.6. The number of nitrogens with zero attached hydrogens (tertiary/aromatic N) is 2. The predicted molar refractivity (Wildman–Crippen MR) is 73.3 cm³/mol. The van der Waals surface area contributed by atoms with Crippen LogP contribution in [0, 0.1) is 0 Å². The number of carbonyl (C=O) groups is 1. The molecule has 1 fully saturated rings. The van der Waals surface area contributed by atoms with Crippen LogP contribution < -0.4 is 5.56 Å². The molecular formula is C14H16N4O2. The van der Waals surface area contributed by atoms with Gasteiger partial charge in [-0.15, -0.1) is 0 Å². The summed E-state index contributed by atoms with van der Waals surface area (Å²) >= 11 is 0. The van der Waals surface area contributed by atoms with E-state index in [1.165, 1.54) is 6.07 Å². The van der Waals surface area contributed by atoms with Crippen molar-refractivity contribution in [3.8, 4) is 0 Å². The van der Waals surface area contributed by atoms with Gasteiger partial charge in [0.15, 0.2) is 0 Å². The standard InChI is InChI=1S/C14H16N4O2/c19-13-6-3-4-11(16-13)14(20)18-9-2-1-5-12(18)10-7-8-15-17-10/h3-4,6-8,12H,1-2,5,9H2,(H,15,17)(H,16,19). The smallest absolute Gasteiger partial charge is 0.270 e. The van der Waals surface area contributed by atoms with Crippen LogP contribution in [0.15, 0.2) is 35.3 Å². The van der Waals surface area contributed by atoms with Crippen LogP contribution in [0.3, 0.4) is 0 Å². The van der Waals surface area contributed by atoms with Crippen molar-refractivity contribution >= 4 is 5.91 Å². The number of hydrogen-bond acceptors (Lipinski definition) is 3. The maximum Gasteiger partial charge on any atom is 0.270 e. The van der Waals surface area contributed by atoms with Crippen molar-refractivity contribution in [1.82, 2.24) is 20.1 Å². The van der Waals surface area contributed by atoms with Crippen molar-refractivity contribution in [3.05, 3.63) is 52.2 Å². The largest absolute Gasteiger partial charge is 0.329 e. The second-order valence-corrected chi connectivity index (χ2v) is 4.95. The number of likely N-dealkylation sites (tertiary alicyclic amines) is 1. The number of aromatic nitrogens is 3. The van der Waals surface area contributed by atoms with Crippen LogP contribution in [0.25, 0.3) is 0 Å². The van der Waals surface area contributed by atoms with Gasteiger partial charge in [0.2, 0.25) is 5.56 Å². The highest BCUT2D eigenvalue weighted by atomic mass is 16.2. The van der Waals surface area contributed by atoms with E-state index in [0.717, 1.165) is 25.0 Å². The number of rotatable bonds is 2. The van der Waals surface area contributed by atoms with E-state index >= 15 is 0 Å². The van der Waals surface area contributed by atoms with E-state index in [1.807, 2.05) is 11.0 Å². The summed E-state index contributed by atoms with van der Waals surface area (Å²) < 4.78 is 0. The van der Waals surface area contributed by atoms with Crippen LogP contribution in [0.1, 0.15) is 41.5 Å². The normalized spacial score (nSPS) is 19.0. The summed E-state index contributed by atoms with van der Waals surface area (Å²) in [6.07, 6.45) is 4.66. The molecule has 0 saturated carbocycles. The van der Waals surface area contributed by atoms with Crippen molar-refractivity contribution < 1.29 is 4.79 Å². The third-order valence-electron chi connectivity index (χ3n) is 3.64. The van der Waals surface area contributed by atoms with Gasteiger partial charge in [-0.3, -0.25) is 14.7 Å². The summed E-state index contributed by atoms with van der Waals surface area (Å²) in [5, 5.41) is 6.90. The minimum atomic E-state index is -0.258. The number of amides is 1. The van der Waals surface area contributed by atoms with Gasteiger partial charge in [-0.2, -0.15) is 5.10 Å². The molecule has 1 unspecified atom stereocenters. The van der Waals surface area contributed by atoms with E-state index in [4.69, 9.17) is 0 Å². The van der Waals surface area contributed by atoms with Gasteiger partial charge in [0.05, 0.1) is 11.7 Å². The maximum atomic E-state index is 12.6. The molecule has 0 aliphatic carbocycles. The van der Waals surface area contributed by atoms with Gasteiger partial charge in [-0.05, 0) is 31.4 Å². The van der Waals surface area contributed by atoms with Crippen LogP contribution >= 0.6 is 0 Å². The van der Waals surface area contributed by atoms with E-state index in [2.05, 4.69) is 15.2 Å². The lowest BCUT2D eigenvalue weighted by atomic mass is 9.99. The minimum Gasteiger partial charge on any atom is -0.329 e. The molecule has 1 atom stereocenters. The van der Waals surface area contributed by atoms with Crippen molar-refractivity contribution in [2.75, 3.05) is 6.54 Å². The van der Waals surface area contributed by atoms with Gasteiger partial charge in [-0.25, -0.2) is 0 Å². The lowest BCUT2D eigenvalue weighted by molar-refractivity contribution is 0.0599. The van der Waals surface area contributed by atoms with Crippen LogP contribution in [0.2, 0.25) is 0 Å². The van der Waals surface area contributed by atoms with Gasteiger partial charge in [-0.1, -0.05) is 6.07 Å². The molecule has 2 N–H and O–H groups in total. The zero-order chi connectivity index (χ0) is 13.9. The van der Waals surface area contributed by atoms with Gasteiger partial charge in [0.1, 0.15) is 5.69 Å². The van der Waals surface area contributed by atoms with Crippen LogP contribution in [-0.4, -0.2) is 32.5 Å². The first-order valence-electron chi connectivity index (χ1n) is 6.75. The van der Waals surface area contributed by atoms with Crippen molar-refractivity contribution in [2.45, 2.75) is 25.3 Å². The SMILES string of the molecule is O=C(c1cccc(=O)[nH]1)N1CCCCC1c1ccn[nH]1. The highest BCUT2D eigenvalue weighted by molar-refractivity contribution is 5.92. The van der Waals surface area contributed by atoms with Crippen LogP contribution in [0.5, 0.6) is 0 Å². The Kier molecular flexibility index (Phi) is 3.37. The predicted octanol–water partition coefficient (Wildman–Crippen LogP) is 1.47. The third kappa shape index (κ3) is 2.36. The van der Waals surface area contributed by atoms with E-state index in [1.54, 1.807) is 18.3 Å². The fourth-order valence-corrected chi connectivity index (χ4v) is 2.68. The fourth-order valence-electron chi connectivity index (χ4n) is 2.68. The zero-order valence-corrected chi connectivity index (χ0v) is 11.0. The zero-order valence-electron chi connectivity index (χ0n) is 11.0. The Balaban J connectivity index is 1.90. The Hall–Kier alpha value is -2.37. The fraction of sp³-hybridized carbons (Fsp3) is 0.357. The number of nitrogens with one attached hydrogen (secondary N) is 2. The number of pyridine rings is 1. The van der Waals surface area contributed by atoms with Crippen molar-refractivity contribution in [2.24, 2.45) is 0 Å². The summed E-state index contributed by atoms with van der Waals surface area (Å²) in [5.74, 6) is -0.137. The van der Waals surface area contributed by atoms with Gasteiger partial charge < -0.3 is 9.88 Å². The highest BCUT2D eigenvalue weighted by Crippen LogP contribution is 2.30. The molecule has 6 heteroatoms. The van der Waals surface area contributed by atoms with E-state index in [9.17, 15) is 9.59 Å². The number of piperidine rings is 1. The summed E-state index contributed by atoms with van der Waals surface area (Å²) in [4.78, 5) is 28.3. The van der Waals surface area contributed by atoms with E-state index in [0.29, 0.717) is 12.2 Å². The Morgan fingerprint density at radius 2 is 2.20 bits per heavy atom. The molecule has 0 radical (unpaired) electrons. The third-order valence-corrected chi connectivity index (χ3v) is 3.64. The minimum absolute atomic E-state index is 0.00228. The van der Waals surface area contributed by atoms with E-state index in [-0.39, 0.29) is 17.5 Å². The number of hydrogen-bond donors (Lipinski definition) is 2. The number of carbonyl (C=O) groups excluding carboxylic acids is 1. The molecular weight excluding hydrogens is 256 g/mol. The van der Waals surface area contributed by atoms with Gasteiger partial charge >= 0.3 is 0 Å². The van der Waals surface area contributed by atoms with Crippen LogP contribution in [0.4, 0.5) is 0 Å². The van der Waals surface area contributed by atoms with Crippen molar-refractivity contribution in [3.63, 3.8) is 0 Å². The molecule has 104 valence electrons. The second kappa shape index (κ2) is 5.32. The molecule has 0 aromatic carbocycles. The lowest BCUT2D eigenvalue weighted by Crippen LogP contribution is -2.39. The summed E-state index contributed by atoms with van der Waals surface area (Å²) in [6.45, 7) is 0.694. The topological polar surface area (TPSA) is 81.8 Å². The highest BCUT2D eigenvalue weighted by Gasteiger charge is 2.29. The second-order valence-electron chi connectivity index (χ2n) is 4.95. The quantitative estimate of drug-likeness (QED) is 0.868. The molecule has 0 bridgehead atoms. The Morgan fingerprint density at radius 3 is 2.95 bits per heavy atom. The molecule has 1 aliphatic heterocycles. The first kappa shape index (κ1) is 12.7. The first-order chi connectivity index (χ1) is 9.75. The van der Waals surface area contributed by atoms with Crippen molar-refractivity contribution in [1.29, 1.82) is 0 Å². The average Bonchev–Trinajstić information content (AvgIpc) is 3.00. The number of aromatic amines is 2. The molecule has 1 saturated heterocycles.